The Hall–Kier alpha value is -2.37. The van der Waals surface area contributed by atoms with Crippen molar-refractivity contribution in [3.63, 3.8) is 0 Å². The van der Waals surface area contributed by atoms with Crippen LogP contribution in [0, 0.1) is 10.8 Å². The molecule has 1 aliphatic heterocycles. The summed E-state index contributed by atoms with van der Waals surface area (Å²) in [6.45, 7) is 9.87. The third-order valence-corrected chi connectivity index (χ3v) is 7.83. The molecule has 1 N–H and O–H groups in total. The van der Waals surface area contributed by atoms with Crippen molar-refractivity contribution in [1.82, 2.24) is 4.90 Å². The van der Waals surface area contributed by atoms with E-state index in [4.69, 9.17) is 23.2 Å². The average Bonchev–Trinajstić information content (AvgIpc) is 2.80. The number of ketones is 1. The number of aliphatic carboxylic acids is 1. The first-order chi connectivity index (χ1) is 17.3. The topological polar surface area (TPSA) is 74.7 Å². The van der Waals surface area contributed by atoms with Gasteiger partial charge in [-0.3, -0.25) is 14.4 Å². The molecular weight excluding hydrogens is 509 g/mol. The summed E-state index contributed by atoms with van der Waals surface area (Å²) in [5.74, 6) is -1.62. The van der Waals surface area contributed by atoms with Crippen LogP contribution in [-0.2, 0) is 14.4 Å². The van der Waals surface area contributed by atoms with Crippen LogP contribution in [0.25, 0.3) is 0 Å². The molecule has 3 rings (SSSR count). The highest BCUT2D eigenvalue weighted by molar-refractivity contribution is 6.30. The Morgan fingerprint density at radius 3 is 2.27 bits per heavy atom. The van der Waals surface area contributed by atoms with E-state index in [-0.39, 0.29) is 29.4 Å². The highest BCUT2D eigenvalue weighted by Gasteiger charge is 2.53. The molecule has 0 aromatic heterocycles. The van der Waals surface area contributed by atoms with E-state index >= 15 is 0 Å². The van der Waals surface area contributed by atoms with E-state index in [9.17, 15) is 19.5 Å². The summed E-state index contributed by atoms with van der Waals surface area (Å²) in [6, 6.07) is 13.6. The standard InChI is InChI=1S/C30H37Cl2NO4/c1-6-24(25(34)14-15-29(2,3)4)33-27(19-10-12-21(31)13-11-19)23(20-8-7-9-22(32)16-20)17-30(5,28(33)37)18-26(35)36/h7-13,16,23-24,27H,6,14-15,17-18H2,1-5H3,(H,35,36)/t23-,24+,27-,30-/m1/s1. The molecule has 0 radical (unpaired) electrons. The molecule has 4 atom stereocenters. The predicted octanol–water partition coefficient (Wildman–Crippen LogP) is 7.71. The predicted molar refractivity (Wildman–Crippen MR) is 148 cm³/mol. The lowest BCUT2D eigenvalue weighted by atomic mass is 9.66. The Labute approximate surface area is 230 Å². The maximum Gasteiger partial charge on any atom is 0.304 e. The number of nitrogens with zero attached hydrogens (tertiary/aromatic N) is 1. The van der Waals surface area contributed by atoms with Crippen LogP contribution in [0.1, 0.15) is 89.8 Å². The van der Waals surface area contributed by atoms with Crippen molar-refractivity contribution in [3.05, 3.63) is 69.7 Å². The lowest BCUT2D eigenvalue weighted by Crippen LogP contribution is -2.58. The molecule has 1 saturated heterocycles. The zero-order chi connectivity index (χ0) is 27.5. The number of benzene rings is 2. The molecule has 200 valence electrons. The number of carbonyl (C=O) groups is 3. The van der Waals surface area contributed by atoms with Crippen LogP contribution < -0.4 is 0 Å². The maximum absolute atomic E-state index is 14.2. The molecular formula is C30H37Cl2NO4. The summed E-state index contributed by atoms with van der Waals surface area (Å²) in [5.41, 5.74) is 0.538. The Morgan fingerprint density at radius 2 is 1.73 bits per heavy atom. The van der Waals surface area contributed by atoms with Crippen LogP contribution >= 0.6 is 23.2 Å². The smallest absolute Gasteiger partial charge is 0.304 e. The monoisotopic (exact) mass is 545 g/mol. The molecule has 2 aromatic rings. The lowest BCUT2D eigenvalue weighted by Gasteiger charge is -2.51. The number of carbonyl (C=O) groups excluding carboxylic acids is 2. The second-order valence-corrected chi connectivity index (χ2v) is 12.5. The summed E-state index contributed by atoms with van der Waals surface area (Å²) < 4.78 is 0. The van der Waals surface area contributed by atoms with Gasteiger partial charge in [-0.25, -0.2) is 0 Å². The summed E-state index contributed by atoms with van der Waals surface area (Å²) in [7, 11) is 0. The molecule has 1 amide bonds. The van der Waals surface area contributed by atoms with E-state index < -0.39 is 23.5 Å². The molecule has 1 fully saturated rings. The van der Waals surface area contributed by atoms with Gasteiger partial charge < -0.3 is 10.0 Å². The van der Waals surface area contributed by atoms with Crippen LogP contribution in [0.4, 0.5) is 0 Å². The number of Topliss-reactive ketones (excluding diaryl/α,β-unsaturated/α-hetero) is 1. The molecule has 7 heteroatoms. The van der Waals surface area contributed by atoms with Crippen LogP contribution in [0.15, 0.2) is 48.5 Å². The summed E-state index contributed by atoms with van der Waals surface area (Å²) in [5, 5.41) is 10.9. The van der Waals surface area contributed by atoms with Crippen LogP contribution in [0.3, 0.4) is 0 Å². The van der Waals surface area contributed by atoms with Gasteiger partial charge in [0.15, 0.2) is 5.78 Å². The van der Waals surface area contributed by atoms with Gasteiger partial charge in [0.05, 0.1) is 23.9 Å². The van der Waals surface area contributed by atoms with Crippen molar-refractivity contribution in [3.8, 4) is 0 Å². The Balaban J connectivity index is 2.21. The van der Waals surface area contributed by atoms with E-state index in [1.54, 1.807) is 30.0 Å². The molecule has 2 aromatic carbocycles. The number of halogens is 2. The normalized spacial score (nSPS) is 23.1. The Morgan fingerprint density at radius 1 is 1.08 bits per heavy atom. The highest BCUT2D eigenvalue weighted by Crippen LogP contribution is 2.52. The fourth-order valence-corrected chi connectivity index (χ4v) is 5.79. The average molecular weight is 547 g/mol. The molecule has 0 unspecified atom stereocenters. The van der Waals surface area contributed by atoms with Crippen molar-refractivity contribution in [1.29, 1.82) is 0 Å². The molecule has 37 heavy (non-hydrogen) atoms. The van der Waals surface area contributed by atoms with Gasteiger partial charge in [-0.05, 0) is 60.1 Å². The lowest BCUT2D eigenvalue weighted by molar-refractivity contribution is -0.162. The van der Waals surface area contributed by atoms with E-state index in [1.807, 2.05) is 37.3 Å². The molecule has 1 heterocycles. The van der Waals surface area contributed by atoms with E-state index in [1.165, 1.54) is 0 Å². The van der Waals surface area contributed by atoms with Crippen LogP contribution in [0.5, 0.6) is 0 Å². The molecule has 0 bridgehead atoms. The zero-order valence-electron chi connectivity index (χ0n) is 22.3. The SMILES string of the molecule is CC[C@@H](C(=O)CCC(C)(C)C)N1C(=O)[C@@](C)(CC(=O)O)C[C@H](c2cccc(Cl)c2)[C@H]1c1ccc(Cl)cc1. The van der Waals surface area contributed by atoms with E-state index in [0.717, 1.165) is 11.1 Å². The summed E-state index contributed by atoms with van der Waals surface area (Å²) >= 11 is 12.6. The minimum atomic E-state index is -1.18. The number of likely N-dealkylation sites (tertiary alicyclic amines) is 1. The number of amides is 1. The summed E-state index contributed by atoms with van der Waals surface area (Å²) in [6.07, 6.45) is 1.47. The van der Waals surface area contributed by atoms with Crippen molar-refractivity contribution < 1.29 is 19.5 Å². The Kier molecular flexibility index (Phi) is 9.13. The third kappa shape index (κ3) is 6.94. The molecule has 1 aliphatic rings. The molecule has 0 spiro atoms. The number of hydrogen-bond donors (Lipinski definition) is 1. The van der Waals surface area contributed by atoms with Gasteiger partial charge >= 0.3 is 5.97 Å². The second kappa shape index (κ2) is 11.6. The van der Waals surface area contributed by atoms with E-state index in [2.05, 4.69) is 20.8 Å². The Bertz CT molecular complexity index is 1140. The molecule has 5 nitrogen and oxygen atoms in total. The molecule has 0 saturated carbocycles. The van der Waals surface area contributed by atoms with Gasteiger partial charge in [-0.2, -0.15) is 0 Å². The van der Waals surface area contributed by atoms with Crippen molar-refractivity contribution in [2.45, 2.75) is 84.7 Å². The second-order valence-electron chi connectivity index (χ2n) is 11.7. The number of carboxylic acid groups (broad SMARTS) is 1. The zero-order valence-corrected chi connectivity index (χ0v) is 23.8. The number of hydrogen-bond acceptors (Lipinski definition) is 3. The minimum absolute atomic E-state index is 0.00541. The van der Waals surface area contributed by atoms with Crippen molar-refractivity contribution in [2.24, 2.45) is 10.8 Å². The van der Waals surface area contributed by atoms with Gasteiger partial charge in [0, 0.05) is 22.4 Å². The minimum Gasteiger partial charge on any atom is -0.481 e. The fourth-order valence-electron chi connectivity index (χ4n) is 5.47. The van der Waals surface area contributed by atoms with Crippen LogP contribution in [-0.4, -0.2) is 33.7 Å². The highest BCUT2D eigenvalue weighted by atomic mass is 35.5. The van der Waals surface area contributed by atoms with Crippen molar-refractivity contribution >= 4 is 40.9 Å². The van der Waals surface area contributed by atoms with Gasteiger partial charge in [0.25, 0.3) is 0 Å². The maximum atomic E-state index is 14.2. The fraction of sp³-hybridized carbons (Fsp3) is 0.500. The first kappa shape index (κ1) is 29.2. The van der Waals surface area contributed by atoms with Gasteiger partial charge in [-0.1, -0.05) is 82.1 Å². The number of piperidine rings is 1. The summed E-state index contributed by atoms with van der Waals surface area (Å²) in [4.78, 5) is 41.5. The van der Waals surface area contributed by atoms with Gasteiger partial charge in [-0.15, -0.1) is 0 Å². The quantitative estimate of drug-likeness (QED) is 0.350. The van der Waals surface area contributed by atoms with Crippen molar-refractivity contribution in [2.75, 3.05) is 0 Å². The van der Waals surface area contributed by atoms with Gasteiger partial charge in [0.2, 0.25) is 5.91 Å². The number of rotatable bonds is 9. The number of carboxylic acids is 1. The van der Waals surface area contributed by atoms with E-state index in [0.29, 0.717) is 35.7 Å². The third-order valence-electron chi connectivity index (χ3n) is 7.35. The first-order valence-corrected chi connectivity index (χ1v) is 13.6. The van der Waals surface area contributed by atoms with Gasteiger partial charge in [0.1, 0.15) is 0 Å². The van der Waals surface area contributed by atoms with Crippen LogP contribution in [0.2, 0.25) is 10.0 Å². The first-order valence-electron chi connectivity index (χ1n) is 12.8. The molecule has 0 aliphatic carbocycles. The largest absolute Gasteiger partial charge is 0.481 e.